The van der Waals surface area contributed by atoms with Crippen molar-refractivity contribution in [1.29, 1.82) is 0 Å². The van der Waals surface area contributed by atoms with Gasteiger partial charge in [0, 0.05) is 26.5 Å². The number of nitrogens with zero attached hydrogens (tertiary/aromatic N) is 1. The van der Waals surface area contributed by atoms with Crippen molar-refractivity contribution in [3.63, 3.8) is 0 Å². The second-order valence-corrected chi connectivity index (χ2v) is 9.48. The Morgan fingerprint density at radius 3 is 2.50 bits per heavy atom. The number of rotatable bonds is 6. The van der Waals surface area contributed by atoms with Gasteiger partial charge in [-0.3, -0.25) is 4.79 Å². The van der Waals surface area contributed by atoms with Gasteiger partial charge in [-0.15, -0.1) is 0 Å². The molecule has 0 bridgehead atoms. The highest BCUT2D eigenvalue weighted by Crippen LogP contribution is 2.33. The number of H-pyrrole nitrogens is 1. The number of hydrogen-bond donors (Lipinski definition) is 2. The van der Waals surface area contributed by atoms with Crippen molar-refractivity contribution in [2.75, 3.05) is 0 Å². The van der Waals surface area contributed by atoms with E-state index < -0.39 is 17.7 Å². The summed E-state index contributed by atoms with van der Waals surface area (Å²) in [5.41, 5.74) is 6.64. The Kier molecular flexibility index (Phi) is 7.15. The molecule has 0 aliphatic carbocycles. The highest BCUT2D eigenvalue weighted by Gasteiger charge is 2.19. The van der Waals surface area contributed by atoms with Crippen LogP contribution < -0.4 is 10.2 Å². The number of esters is 1. The molecule has 1 heterocycles. The lowest BCUT2D eigenvalue weighted by molar-refractivity contribution is 0.0734. The zero-order valence-corrected chi connectivity index (χ0v) is 21.8. The average Bonchev–Trinajstić information content (AvgIpc) is 3.29. The first-order valence-electron chi connectivity index (χ1n) is 11.7. The molecule has 0 radical (unpaired) electrons. The van der Waals surface area contributed by atoms with E-state index in [1.54, 1.807) is 36.4 Å². The summed E-state index contributed by atoms with van der Waals surface area (Å²) in [5.74, 6) is -1.14. The van der Waals surface area contributed by atoms with Gasteiger partial charge >= 0.3 is 5.97 Å². The van der Waals surface area contributed by atoms with Crippen molar-refractivity contribution in [1.82, 2.24) is 10.4 Å². The van der Waals surface area contributed by atoms with E-state index in [1.165, 1.54) is 18.3 Å². The molecule has 5 rings (SSSR count). The highest BCUT2D eigenvalue weighted by molar-refractivity contribution is 9.10. The quantitative estimate of drug-likeness (QED) is 0.0996. The van der Waals surface area contributed by atoms with Gasteiger partial charge in [0.25, 0.3) is 5.91 Å². The maximum Gasteiger partial charge on any atom is 0.343 e. The minimum absolute atomic E-state index is 0.245. The zero-order chi connectivity index (χ0) is 26.6. The van der Waals surface area contributed by atoms with Crippen LogP contribution in [0, 0.1) is 12.7 Å². The lowest BCUT2D eigenvalue weighted by Gasteiger charge is -2.08. The molecule has 6 nitrogen and oxygen atoms in total. The van der Waals surface area contributed by atoms with E-state index in [2.05, 4.69) is 31.4 Å². The van der Waals surface area contributed by atoms with Crippen LogP contribution >= 0.6 is 15.9 Å². The van der Waals surface area contributed by atoms with Gasteiger partial charge in [0.05, 0.1) is 11.8 Å². The first kappa shape index (κ1) is 25.1. The molecule has 1 aromatic heterocycles. The Balaban J connectivity index is 1.41. The standard InChI is InChI=1S/C30H21BrFN3O3/c1-18-7-9-20(10-8-18)30(37)38-26-14-11-22(31)15-21(26)17-33-35-29(36)28-27(19-5-3-2-4-6-19)24-16-23(32)12-13-25(24)34-28/h2-17,34H,1H3,(H,35,36). The fraction of sp³-hybridized carbons (Fsp3) is 0.0333. The van der Waals surface area contributed by atoms with Crippen LogP contribution in [-0.2, 0) is 0 Å². The number of hydrazone groups is 1. The maximum atomic E-state index is 14.0. The summed E-state index contributed by atoms with van der Waals surface area (Å²) in [5, 5.41) is 4.69. The van der Waals surface area contributed by atoms with Gasteiger partial charge in [0.2, 0.25) is 0 Å². The summed E-state index contributed by atoms with van der Waals surface area (Å²) < 4.78 is 20.4. The van der Waals surface area contributed by atoms with Crippen molar-refractivity contribution in [2.24, 2.45) is 5.10 Å². The number of carbonyl (C=O) groups is 2. The summed E-state index contributed by atoms with van der Waals surface area (Å²) in [6.07, 6.45) is 1.39. The summed E-state index contributed by atoms with van der Waals surface area (Å²) in [6.45, 7) is 1.93. The topological polar surface area (TPSA) is 83.5 Å². The number of aryl methyl sites for hydroxylation is 1. The van der Waals surface area contributed by atoms with Gasteiger partial charge in [-0.1, -0.05) is 64.0 Å². The van der Waals surface area contributed by atoms with Gasteiger partial charge in [0.15, 0.2) is 0 Å². The molecule has 0 unspecified atom stereocenters. The molecule has 38 heavy (non-hydrogen) atoms. The fourth-order valence-corrected chi connectivity index (χ4v) is 4.40. The molecule has 0 atom stereocenters. The number of amides is 1. The summed E-state index contributed by atoms with van der Waals surface area (Å²) in [4.78, 5) is 28.9. The number of hydrogen-bond acceptors (Lipinski definition) is 4. The molecule has 188 valence electrons. The Morgan fingerprint density at radius 2 is 1.74 bits per heavy atom. The van der Waals surface area contributed by atoms with Gasteiger partial charge in [0.1, 0.15) is 17.3 Å². The monoisotopic (exact) mass is 569 g/mol. The molecule has 8 heteroatoms. The molecule has 0 saturated heterocycles. The molecular weight excluding hydrogens is 549 g/mol. The Bertz CT molecular complexity index is 1680. The van der Waals surface area contributed by atoms with E-state index in [1.807, 2.05) is 49.4 Å². The van der Waals surface area contributed by atoms with Crippen LogP contribution in [-0.4, -0.2) is 23.1 Å². The van der Waals surface area contributed by atoms with Crippen molar-refractivity contribution in [3.8, 4) is 16.9 Å². The van der Waals surface area contributed by atoms with Crippen molar-refractivity contribution in [3.05, 3.63) is 124 Å². The van der Waals surface area contributed by atoms with Crippen LogP contribution in [0.3, 0.4) is 0 Å². The summed E-state index contributed by atoms with van der Waals surface area (Å²) in [6, 6.07) is 25.7. The average molecular weight is 570 g/mol. The molecule has 0 aliphatic rings. The molecule has 0 fully saturated rings. The number of aromatic nitrogens is 1. The Hall–Kier alpha value is -4.56. The minimum Gasteiger partial charge on any atom is -0.422 e. The fourth-order valence-electron chi connectivity index (χ4n) is 4.02. The zero-order valence-electron chi connectivity index (χ0n) is 20.2. The van der Waals surface area contributed by atoms with Crippen LogP contribution in [0.15, 0.2) is 101 Å². The predicted octanol–water partition coefficient (Wildman–Crippen LogP) is 7.03. The summed E-state index contributed by atoms with van der Waals surface area (Å²) in [7, 11) is 0. The van der Waals surface area contributed by atoms with Crippen LogP contribution in [0.25, 0.3) is 22.0 Å². The molecule has 2 N–H and O–H groups in total. The van der Waals surface area contributed by atoms with Crippen molar-refractivity contribution in [2.45, 2.75) is 6.92 Å². The Morgan fingerprint density at radius 1 is 0.974 bits per heavy atom. The van der Waals surface area contributed by atoms with E-state index in [0.717, 1.165) is 15.6 Å². The van der Waals surface area contributed by atoms with E-state index in [-0.39, 0.29) is 11.4 Å². The van der Waals surface area contributed by atoms with E-state index in [9.17, 15) is 14.0 Å². The van der Waals surface area contributed by atoms with Crippen LogP contribution in [0.1, 0.15) is 32.0 Å². The molecule has 0 spiro atoms. The van der Waals surface area contributed by atoms with Crippen LogP contribution in [0.4, 0.5) is 4.39 Å². The third kappa shape index (κ3) is 5.40. The predicted molar refractivity (Wildman–Crippen MR) is 149 cm³/mol. The smallest absolute Gasteiger partial charge is 0.343 e. The largest absolute Gasteiger partial charge is 0.422 e. The van der Waals surface area contributed by atoms with Crippen molar-refractivity contribution < 1.29 is 18.7 Å². The number of benzene rings is 4. The molecule has 0 saturated carbocycles. The van der Waals surface area contributed by atoms with E-state index in [4.69, 9.17) is 4.74 Å². The SMILES string of the molecule is Cc1ccc(C(=O)Oc2ccc(Br)cc2C=NNC(=O)c2[nH]c3ccc(F)cc3c2-c2ccccc2)cc1. The van der Waals surface area contributed by atoms with E-state index >= 15 is 0 Å². The second kappa shape index (κ2) is 10.8. The summed E-state index contributed by atoms with van der Waals surface area (Å²) >= 11 is 3.41. The Labute approximate surface area is 226 Å². The van der Waals surface area contributed by atoms with E-state index in [0.29, 0.717) is 27.6 Å². The molecule has 0 aliphatic heterocycles. The first-order valence-corrected chi connectivity index (χ1v) is 12.5. The normalized spacial score (nSPS) is 11.1. The highest BCUT2D eigenvalue weighted by atomic mass is 79.9. The maximum absolute atomic E-state index is 14.0. The molecular formula is C30H21BrFN3O3. The van der Waals surface area contributed by atoms with Gasteiger partial charge < -0.3 is 9.72 Å². The number of aromatic amines is 1. The molecule has 5 aromatic rings. The van der Waals surface area contributed by atoms with Gasteiger partial charge in [-0.25, -0.2) is 14.6 Å². The third-order valence-corrected chi connectivity index (χ3v) is 6.37. The number of nitrogens with one attached hydrogen (secondary N) is 2. The lowest BCUT2D eigenvalue weighted by Crippen LogP contribution is -2.19. The minimum atomic E-state index is -0.510. The van der Waals surface area contributed by atoms with Crippen LogP contribution in [0.2, 0.25) is 0 Å². The van der Waals surface area contributed by atoms with Crippen LogP contribution in [0.5, 0.6) is 5.75 Å². The third-order valence-electron chi connectivity index (χ3n) is 5.88. The molecule has 4 aromatic carbocycles. The van der Waals surface area contributed by atoms with Gasteiger partial charge in [-0.05, 0) is 61.0 Å². The van der Waals surface area contributed by atoms with Crippen molar-refractivity contribution >= 4 is 44.9 Å². The molecule has 1 amide bonds. The number of carbonyl (C=O) groups excluding carboxylic acids is 2. The van der Waals surface area contributed by atoms with Gasteiger partial charge in [-0.2, -0.15) is 5.10 Å². The number of halogens is 2. The lowest BCUT2D eigenvalue weighted by atomic mass is 10.0. The second-order valence-electron chi connectivity index (χ2n) is 8.57. The number of fused-ring (bicyclic) bond motifs is 1. The first-order chi connectivity index (χ1) is 18.4. The number of ether oxygens (including phenoxy) is 1.